The summed E-state index contributed by atoms with van der Waals surface area (Å²) in [4.78, 5) is 50.1. The van der Waals surface area contributed by atoms with Crippen LogP contribution in [0.4, 0.5) is 9.59 Å². The highest BCUT2D eigenvalue weighted by Crippen LogP contribution is 2.40. The van der Waals surface area contributed by atoms with Crippen molar-refractivity contribution in [2.75, 3.05) is 20.3 Å². The van der Waals surface area contributed by atoms with Crippen LogP contribution < -0.4 is 10.1 Å². The molecule has 0 spiro atoms. The van der Waals surface area contributed by atoms with Crippen molar-refractivity contribution in [2.45, 2.75) is 78.9 Å². The minimum absolute atomic E-state index is 0.0165. The van der Waals surface area contributed by atoms with Gasteiger partial charge >= 0.3 is 18.2 Å². The number of carbonyl (C=O) groups excluding carboxylic acids is 4. The van der Waals surface area contributed by atoms with Crippen molar-refractivity contribution in [1.29, 1.82) is 0 Å². The molecule has 3 rings (SSSR count). The molecule has 232 valence electrons. The second-order valence-electron chi connectivity index (χ2n) is 12.1. The molecule has 0 aliphatic heterocycles. The van der Waals surface area contributed by atoms with E-state index in [1.807, 2.05) is 30.3 Å². The number of esters is 1. The van der Waals surface area contributed by atoms with E-state index < -0.39 is 29.4 Å². The molecule has 0 aliphatic rings. The Hall–Kier alpha value is -4.34. The standard InChI is InChI=1S/C33H42N2O8/c1-9-41-27(37)19-23(36)18-21-12-10-14-25(29(21)40-8)24-13-11-15-26-28(24)22(16-17-34-30(38)42-32(2,3)4)20-35(26)31(39)43-33(5,6)7/h10-15,20H,9,16-19H2,1-8H3,(H,34,38). The highest BCUT2D eigenvalue weighted by atomic mass is 16.6. The van der Waals surface area contributed by atoms with E-state index in [0.717, 1.165) is 16.5 Å². The van der Waals surface area contributed by atoms with Gasteiger partial charge in [-0.05, 0) is 72.1 Å². The maximum atomic E-state index is 13.3. The molecule has 0 radical (unpaired) electrons. The maximum absolute atomic E-state index is 13.3. The third-order valence-electron chi connectivity index (χ3n) is 6.19. The van der Waals surface area contributed by atoms with Crippen LogP contribution in [0, 0.1) is 0 Å². The summed E-state index contributed by atoms with van der Waals surface area (Å²) in [5, 5.41) is 3.55. The molecule has 0 fully saturated rings. The Bertz CT molecular complexity index is 1490. The highest BCUT2D eigenvalue weighted by Gasteiger charge is 2.24. The number of nitrogens with one attached hydrogen (secondary N) is 1. The predicted molar refractivity (Wildman–Crippen MR) is 163 cm³/mol. The normalized spacial score (nSPS) is 11.6. The Morgan fingerprint density at radius 3 is 2.14 bits per heavy atom. The zero-order valence-electron chi connectivity index (χ0n) is 26.3. The summed E-state index contributed by atoms with van der Waals surface area (Å²) in [5.74, 6) is -0.382. The van der Waals surface area contributed by atoms with Crippen molar-refractivity contribution in [3.63, 3.8) is 0 Å². The molecular weight excluding hydrogens is 552 g/mol. The number of alkyl carbamates (subject to hydrolysis) is 1. The highest BCUT2D eigenvalue weighted by molar-refractivity contribution is 6.03. The Kier molecular flexibility index (Phi) is 10.6. The molecule has 0 bridgehead atoms. The molecule has 10 heteroatoms. The van der Waals surface area contributed by atoms with Crippen molar-refractivity contribution in [2.24, 2.45) is 0 Å². The lowest BCUT2D eigenvalue weighted by atomic mass is 9.94. The first kappa shape index (κ1) is 33.2. The first-order chi connectivity index (χ1) is 20.1. The fourth-order valence-electron chi connectivity index (χ4n) is 4.68. The molecule has 0 unspecified atom stereocenters. The van der Waals surface area contributed by atoms with Crippen molar-refractivity contribution >= 4 is 34.8 Å². The lowest BCUT2D eigenvalue weighted by Gasteiger charge is -2.20. The van der Waals surface area contributed by atoms with Crippen LogP contribution in [0.25, 0.3) is 22.0 Å². The SMILES string of the molecule is CCOC(=O)CC(=O)Cc1cccc(-c2cccc3c2c(CCNC(=O)OC(C)(C)C)cn3C(=O)OC(C)(C)C)c1OC. The Morgan fingerprint density at radius 2 is 1.51 bits per heavy atom. The van der Waals surface area contributed by atoms with Crippen molar-refractivity contribution < 1.29 is 38.1 Å². The van der Waals surface area contributed by atoms with Gasteiger partial charge in [0, 0.05) is 35.7 Å². The van der Waals surface area contributed by atoms with Crippen LogP contribution in [0.1, 0.15) is 66.0 Å². The number of aromatic nitrogens is 1. The number of amides is 1. The molecule has 1 amide bonds. The summed E-state index contributed by atoms with van der Waals surface area (Å²) < 4.78 is 23.2. The summed E-state index contributed by atoms with van der Waals surface area (Å²) >= 11 is 0. The second-order valence-corrected chi connectivity index (χ2v) is 12.1. The quantitative estimate of drug-likeness (QED) is 0.166. The molecule has 10 nitrogen and oxygen atoms in total. The molecule has 3 aromatic rings. The Labute approximate surface area is 252 Å². The third-order valence-corrected chi connectivity index (χ3v) is 6.19. The molecule has 43 heavy (non-hydrogen) atoms. The molecular formula is C33H42N2O8. The van der Waals surface area contributed by atoms with Crippen molar-refractivity contribution in [1.82, 2.24) is 9.88 Å². The second kappa shape index (κ2) is 13.8. The summed E-state index contributed by atoms with van der Waals surface area (Å²) in [5.41, 5.74) is 2.15. The maximum Gasteiger partial charge on any atom is 0.419 e. The fourth-order valence-corrected chi connectivity index (χ4v) is 4.68. The van der Waals surface area contributed by atoms with Gasteiger partial charge in [-0.1, -0.05) is 30.3 Å². The number of methoxy groups -OCH3 is 1. The smallest absolute Gasteiger partial charge is 0.419 e. The van der Waals surface area contributed by atoms with Gasteiger partial charge in [-0.2, -0.15) is 0 Å². The number of ketones is 1. The first-order valence-electron chi connectivity index (χ1n) is 14.3. The number of hydrogen-bond acceptors (Lipinski definition) is 8. The van der Waals surface area contributed by atoms with E-state index in [2.05, 4.69) is 5.32 Å². The number of Topliss-reactive ketones (excluding diaryl/α,β-unsaturated/α-hetero) is 1. The van der Waals surface area contributed by atoms with Crippen LogP contribution in [0.5, 0.6) is 5.75 Å². The average molecular weight is 595 g/mol. The van der Waals surface area contributed by atoms with Crippen LogP contribution >= 0.6 is 0 Å². The lowest BCUT2D eigenvalue weighted by Crippen LogP contribution is -2.33. The fraction of sp³-hybridized carbons (Fsp3) is 0.455. The van der Waals surface area contributed by atoms with Gasteiger partial charge in [0.2, 0.25) is 0 Å². The van der Waals surface area contributed by atoms with Gasteiger partial charge in [0.1, 0.15) is 29.2 Å². The number of para-hydroxylation sites is 1. The molecule has 0 aliphatic carbocycles. The number of benzene rings is 2. The Morgan fingerprint density at radius 1 is 0.860 bits per heavy atom. The van der Waals surface area contributed by atoms with Gasteiger partial charge in [-0.25, -0.2) is 9.59 Å². The number of nitrogens with zero attached hydrogens (tertiary/aromatic N) is 1. The zero-order valence-corrected chi connectivity index (χ0v) is 26.3. The van der Waals surface area contributed by atoms with E-state index >= 15 is 0 Å². The molecule has 1 aromatic heterocycles. The molecule has 1 N–H and O–H groups in total. The monoisotopic (exact) mass is 594 g/mol. The van der Waals surface area contributed by atoms with Crippen molar-refractivity contribution in [3.8, 4) is 16.9 Å². The minimum atomic E-state index is -0.711. The van der Waals surface area contributed by atoms with Gasteiger partial charge < -0.3 is 24.3 Å². The van der Waals surface area contributed by atoms with Gasteiger partial charge in [-0.3, -0.25) is 14.2 Å². The molecule has 0 saturated carbocycles. The van der Waals surface area contributed by atoms with Crippen LogP contribution in [0.2, 0.25) is 0 Å². The predicted octanol–water partition coefficient (Wildman–Crippen LogP) is 6.23. The zero-order chi connectivity index (χ0) is 31.9. The average Bonchev–Trinajstić information content (AvgIpc) is 3.25. The van der Waals surface area contributed by atoms with Crippen LogP contribution in [0.15, 0.2) is 42.6 Å². The summed E-state index contributed by atoms with van der Waals surface area (Å²) in [6.07, 6.45) is 0.694. The summed E-state index contributed by atoms with van der Waals surface area (Å²) in [6, 6.07) is 11.0. The number of rotatable bonds is 10. The van der Waals surface area contributed by atoms with E-state index in [9.17, 15) is 19.2 Å². The van der Waals surface area contributed by atoms with Gasteiger partial charge in [0.25, 0.3) is 0 Å². The Balaban J connectivity index is 2.08. The van der Waals surface area contributed by atoms with Crippen LogP contribution in [0.3, 0.4) is 0 Å². The van der Waals surface area contributed by atoms with E-state index in [1.54, 1.807) is 60.7 Å². The molecule has 1 heterocycles. The van der Waals surface area contributed by atoms with E-state index in [4.69, 9.17) is 18.9 Å². The van der Waals surface area contributed by atoms with Gasteiger partial charge in [0.15, 0.2) is 0 Å². The number of carbonyl (C=O) groups is 4. The van der Waals surface area contributed by atoms with Crippen LogP contribution in [-0.4, -0.2) is 60.0 Å². The topological polar surface area (TPSA) is 122 Å². The molecule has 0 saturated heterocycles. The van der Waals surface area contributed by atoms with Crippen LogP contribution in [-0.2, 0) is 36.6 Å². The summed E-state index contributed by atoms with van der Waals surface area (Å²) in [6.45, 7) is 12.9. The van der Waals surface area contributed by atoms with E-state index in [1.165, 1.54) is 11.7 Å². The van der Waals surface area contributed by atoms with Gasteiger partial charge in [-0.15, -0.1) is 0 Å². The van der Waals surface area contributed by atoms with Gasteiger partial charge in [0.05, 0.1) is 19.2 Å². The van der Waals surface area contributed by atoms with E-state index in [-0.39, 0.29) is 31.8 Å². The molecule has 2 aromatic carbocycles. The summed E-state index contributed by atoms with van der Waals surface area (Å²) in [7, 11) is 1.52. The first-order valence-corrected chi connectivity index (χ1v) is 14.3. The number of fused-ring (bicyclic) bond motifs is 1. The number of ether oxygens (including phenoxy) is 4. The molecule has 0 atom stereocenters. The lowest BCUT2D eigenvalue weighted by molar-refractivity contribution is -0.145. The third kappa shape index (κ3) is 9.07. The van der Waals surface area contributed by atoms with E-state index in [0.29, 0.717) is 28.8 Å². The van der Waals surface area contributed by atoms with Crippen molar-refractivity contribution in [3.05, 3.63) is 53.7 Å². The minimum Gasteiger partial charge on any atom is -0.496 e. The largest absolute Gasteiger partial charge is 0.496 e. The number of hydrogen-bond donors (Lipinski definition) is 1.